The van der Waals surface area contributed by atoms with Crippen molar-refractivity contribution < 1.29 is 14.1 Å². The molecule has 0 saturated heterocycles. The van der Waals surface area contributed by atoms with E-state index in [2.05, 4.69) is 15.5 Å². The van der Waals surface area contributed by atoms with Crippen LogP contribution in [0.1, 0.15) is 5.56 Å². The Balaban J connectivity index is 1.37. The Bertz CT molecular complexity index is 1090. The predicted molar refractivity (Wildman–Crippen MR) is 114 cm³/mol. The van der Waals surface area contributed by atoms with E-state index in [1.54, 1.807) is 6.07 Å². The third kappa shape index (κ3) is 4.91. The SMILES string of the molecule is O=C(COc1ccccc1-c1nc(-c2ccccc2)no1)NCCc1ccccc1. The first-order chi connectivity index (χ1) is 14.8. The lowest BCUT2D eigenvalue weighted by molar-refractivity contribution is -0.123. The number of aromatic nitrogens is 2. The number of nitrogens with zero attached hydrogens (tertiary/aromatic N) is 2. The second-order valence-electron chi connectivity index (χ2n) is 6.66. The number of para-hydroxylation sites is 1. The van der Waals surface area contributed by atoms with Crippen molar-refractivity contribution in [2.24, 2.45) is 0 Å². The van der Waals surface area contributed by atoms with Crippen molar-refractivity contribution in [1.29, 1.82) is 0 Å². The van der Waals surface area contributed by atoms with Gasteiger partial charge in [-0.15, -0.1) is 0 Å². The highest BCUT2D eigenvalue weighted by molar-refractivity contribution is 5.78. The third-order valence-electron chi connectivity index (χ3n) is 4.51. The number of benzene rings is 3. The smallest absolute Gasteiger partial charge is 0.262 e. The number of hydrogen-bond acceptors (Lipinski definition) is 5. The van der Waals surface area contributed by atoms with Gasteiger partial charge in [-0.1, -0.05) is 78.0 Å². The summed E-state index contributed by atoms with van der Waals surface area (Å²) in [5, 5.41) is 6.92. The normalized spacial score (nSPS) is 10.5. The summed E-state index contributed by atoms with van der Waals surface area (Å²) in [5.41, 5.74) is 2.68. The van der Waals surface area contributed by atoms with Gasteiger partial charge in [-0.25, -0.2) is 0 Å². The lowest BCUT2D eigenvalue weighted by atomic mass is 10.1. The lowest BCUT2D eigenvalue weighted by Gasteiger charge is -2.09. The summed E-state index contributed by atoms with van der Waals surface area (Å²) in [4.78, 5) is 16.6. The summed E-state index contributed by atoms with van der Waals surface area (Å²) in [5.74, 6) is 1.17. The first-order valence-electron chi connectivity index (χ1n) is 9.71. The minimum atomic E-state index is -0.184. The standard InChI is InChI=1S/C24H21N3O3/c28-22(25-16-15-18-9-3-1-4-10-18)17-29-21-14-8-7-13-20(21)24-26-23(27-30-24)19-11-5-2-6-12-19/h1-14H,15-17H2,(H,25,28). The average molecular weight is 399 g/mol. The summed E-state index contributed by atoms with van der Waals surface area (Å²) in [6, 6.07) is 26.9. The molecule has 6 heteroatoms. The second-order valence-corrected chi connectivity index (χ2v) is 6.66. The van der Waals surface area contributed by atoms with Crippen LogP contribution in [0, 0.1) is 0 Å². The van der Waals surface area contributed by atoms with Gasteiger partial charge in [-0.2, -0.15) is 4.98 Å². The molecule has 1 aromatic heterocycles. The van der Waals surface area contributed by atoms with Crippen molar-refractivity contribution in [3.8, 4) is 28.6 Å². The highest BCUT2D eigenvalue weighted by Crippen LogP contribution is 2.30. The third-order valence-corrected chi connectivity index (χ3v) is 4.51. The Morgan fingerprint density at radius 2 is 1.60 bits per heavy atom. The molecule has 0 bridgehead atoms. The monoisotopic (exact) mass is 399 g/mol. The Labute approximate surface area is 174 Å². The van der Waals surface area contributed by atoms with Gasteiger partial charge in [0.1, 0.15) is 5.75 Å². The quantitative estimate of drug-likeness (QED) is 0.482. The Morgan fingerprint density at radius 3 is 2.40 bits per heavy atom. The van der Waals surface area contributed by atoms with Crippen molar-refractivity contribution in [3.05, 3.63) is 90.5 Å². The molecule has 0 saturated carbocycles. The van der Waals surface area contributed by atoms with Crippen molar-refractivity contribution in [2.45, 2.75) is 6.42 Å². The molecular weight excluding hydrogens is 378 g/mol. The van der Waals surface area contributed by atoms with E-state index in [0.717, 1.165) is 12.0 Å². The molecule has 0 atom stereocenters. The van der Waals surface area contributed by atoms with Crippen molar-refractivity contribution in [1.82, 2.24) is 15.5 Å². The van der Waals surface area contributed by atoms with Gasteiger partial charge in [0.25, 0.3) is 11.8 Å². The highest BCUT2D eigenvalue weighted by Gasteiger charge is 2.15. The molecule has 0 spiro atoms. The summed E-state index contributed by atoms with van der Waals surface area (Å²) in [6.45, 7) is 0.462. The number of carbonyl (C=O) groups is 1. The molecule has 0 fully saturated rings. The molecule has 0 radical (unpaired) electrons. The topological polar surface area (TPSA) is 77.2 Å². The van der Waals surface area contributed by atoms with E-state index in [1.807, 2.05) is 78.9 Å². The van der Waals surface area contributed by atoms with Crippen LogP contribution in [0.4, 0.5) is 0 Å². The van der Waals surface area contributed by atoms with Crippen molar-refractivity contribution >= 4 is 5.91 Å². The Kier molecular flexibility index (Phi) is 6.15. The largest absolute Gasteiger partial charge is 0.483 e. The number of hydrogen-bond donors (Lipinski definition) is 1. The molecular formula is C24H21N3O3. The summed E-state index contributed by atoms with van der Waals surface area (Å²) in [7, 11) is 0. The van der Waals surface area contributed by atoms with Crippen LogP contribution >= 0.6 is 0 Å². The zero-order valence-corrected chi connectivity index (χ0v) is 16.3. The molecule has 0 aliphatic heterocycles. The van der Waals surface area contributed by atoms with E-state index in [-0.39, 0.29) is 12.5 Å². The van der Waals surface area contributed by atoms with Crippen LogP contribution < -0.4 is 10.1 Å². The molecule has 1 N–H and O–H groups in total. The first-order valence-corrected chi connectivity index (χ1v) is 9.71. The van der Waals surface area contributed by atoms with Gasteiger partial charge in [0, 0.05) is 12.1 Å². The van der Waals surface area contributed by atoms with Crippen LogP contribution in [0.2, 0.25) is 0 Å². The molecule has 0 aliphatic rings. The van der Waals surface area contributed by atoms with E-state index in [1.165, 1.54) is 5.56 Å². The molecule has 4 aromatic rings. The maximum atomic E-state index is 12.2. The van der Waals surface area contributed by atoms with Crippen LogP contribution in [-0.4, -0.2) is 29.2 Å². The van der Waals surface area contributed by atoms with E-state index in [9.17, 15) is 4.79 Å². The molecule has 0 aliphatic carbocycles. The maximum Gasteiger partial charge on any atom is 0.262 e. The summed E-state index contributed by atoms with van der Waals surface area (Å²) in [6.07, 6.45) is 0.771. The van der Waals surface area contributed by atoms with Crippen LogP contribution in [0.25, 0.3) is 22.8 Å². The average Bonchev–Trinajstić information content (AvgIpc) is 3.29. The molecule has 6 nitrogen and oxygen atoms in total. The molecule has 4 rings (SSSR count). The fourth-order valence-electron chi connectivity index (χ4n) is 2.99. The van der Waals surface area contributed by atoms with E-state index >= 15 is 0 Å². The predicted octanol–water partition coefficient (Wildman–Crippen LogP) is 4.14. The van der Waals surface area contributed by atoms with Crippen LogP contribution in [0.5, 0.6) is 5.75 Å². The van der Waals surface area contributed by atoms with Gasteiger partial charge in [0.05, 0.1) is 5.56 Å². The van der Waals surface area contributed by atoms with Crippen LogP contribution in [0.15, 0.2) is 89.5 Å². The molecule has 150 valence electrons. The van der Waals surface area contributed by atoms with Crippen molar-refractivity contribution in [3.63, 3.8) is 0 Å². The molecule has 0 unspecified atom stereocenters. The van der Waals surface area contributed by atoms with Gasteiger partial charge in [-0.3, -0.25) is 4.79 Å². The minimum Gasteiger partial charge on any atom is -0.483 e. The Morgan fingerprint density at radius 1 is 0.900 bits per heavy atom. The molecule has 1 heterocycles. The number of amides is 1. The van der Waals surface area contributed by atoms with Crippen LogP contribution in [0.3, 0.4) is 0 Å². The fraction of sp³-hybridized carbons (Fsp3) is 0.125. The van der Waals surface area contributed by atoms with E-state index in [0.29, 0.717) is 29.6 Å². The summed E-state index contributed by atoms with van der Waals surface area (Å²) < 4.78 is 11.2. The number of ether oxygens (including phenoxy) is 1. The zero-order chi connectivity index (χ0) is 20.6. The fourth-order valence-corrected chi connectivity index (χ4v) is 2.99. The van der Waals surface area contributed by atoms with E-state index in [4.69, 9.17) is 9.26 Å². The number of rotatable bonds is 8. The zero-order valence-electron chi connectivity index (χ0n) is 16.3. The number of nitrogens with one attached hydrogen (secondary N) is 1. The van der Waals surface area contributed by atoms with Gasteiger partial charge in [0.2, 0.25) is 5.82 Å². The molecule has 30 heavy (non-hydrogen) atoms. The van der Waals surface area contributed by atoms with E-state index < -0.39 is 0 Å². The van der Waals surface area contributed by atoms with Crippen molar-refractivity contribution in [2.75, 3.05) is 13.2 Å². The first kappa shape index (κ1) is 19.4. The van der Waals surface area contributed by atoms with Gasteiger partial charge in [0.15, 0.2) is 6.61 Å². The lowest BCUT2D eigenvalue weighted by Crippen LogP contribution is -2.30. The van der Waals surface area contributed by atoms with Crippen LogP contribution in [-0.2, 0) is 11.2 Å². The summed E-state index contributed by atoms with van der Waals surface area (Å²) >= 11 is 0. The van der Waals surface area contributed by atoms with Gasteiger partial charge < -0.3 is 14.6 Å². The highest BCUT2D eigenvalue weighted by atomic mass is 16.5. The maximum absolute atomic E-state index is 12.2. The second kappa shape index (κ2) is 9.52. The van der Waals surface area contributed by atoms with Gasteiger partial charge >= 0.3 is 0 Å². The molecule has 1 amide bonds. The van der Waals surface area contributed by atoms with Gasteiger partial charge in [-0.05, 0) is 24.1 Å². The number of carbonyl (C=O) groups excluding carboxylic acids is 1. The molecule has 3 aromatic carbocycles. The Hall–Kier alpha value is -3.93. The minimum absolute atomic E-state index is 0.0918.